The fourth-order valence-electron chi connectivity index (χ4n) is 2.54. The molecular weight excluding hydrogens is 416 g/mol. The smallest absolute Gasteiger partial charge is 0.411 e. The summed E-state index contributed by atoms with van der Waals surface area (Å²) in [6.45, 7) is 5.11. The summed E-state index contributed by atoms with van der Waals surface area (Å²) in [4.78, 5) is 25.6. The van der Waals surface area contributed by atoms with Crippen LogP contribution in [0.2, 0.25) is 0 Å². The molecule has 2 rings (SSSR count). The number of carbonyl (C=O) groups is 2. The first-order valence-electron chi connectivity index (χ1n) is 7.90. The molecule has 1 heterocycles. The van der Waals surface area contributed by atoms with Crippen LogP contribution < -0.4 is 4.74 Å². The van der Waals surface area contributed by atoms with Gasteiger partial charge in [0.05, 0.1) is 18.1 Å². The maximum Gasteiger partial charge on any atom is 0.411 e. The Hall–Kier alpha value is -1.90. The fourth-order valence-corrected chi connectivity index (χ4v) is 2.86. The van der Waals surface area contributed by atoms with Crippen LogP contribution in [0.5, 0.6) is 5.75 Å². The molecule has 1 amide bonds. The number of methoxy groups -OCH3 is 1. The molecule has 1 fully saturated rings. The molecule has 6 nitrogen and oxygen atoms in total. The zero-order chi connectivity index (χ0) is 19.6. The van der Waals surface area contributed by atoms with Crippen molar-refractivity contribution < 1.29 is 32.6 Å². The monoisotopic (exact) mass is 435 g/mol. The zero-order valence-corrected chi connectivity index (χ0v) is 16.4. The number of nitrogens with zero attached hydrogens (tertiary/aromatic N) is 1. The molecule has 1 aliphatic rings. The zero-order valence-electron chi connectivity index (χ0n) is 14.8. The number of amides is 1. The summed E-state index contributed by atoms with van der Waals surface area (Å²) < 4.78 is 42.9. The van der Waals surface area contributed by atoms with Crippen LogP contribution in [0.4, 0.5) is 13.6 Å². The first-order valence-corrected chi connectivity index (χ1v) is 8.69. The van der Waals surface area contributed by atoms with Gasteiger partial charge in [-0.1, -0.05) is 0 Å². The number of hydrogen-bond donors (Lipinski definition) is 0. The van der Waals surface area contributed by atoms with Gasteiger partial charge in [-0.3, -0.25) is 4.90 Å². The van der Waals surface area contributed by atoms with E-state index in [1.165, 1.54) is 12.0 Å². The lowest BCUT2D eigenvalue weighted by atomic mass is 10.2. The molecule has 1 aliphatic heterocycles. The lowest BCUT2D eigenvalue weighted by Crippen LogP contribution is -2.44. The van der Waals surface area contributed by atoms with Crippen LogP contribution in [0.1, 0.15) is 27.2 Å². The Kier molecular flexibility index (Phi) is 6.10. The second kappa shape index (κ2) is 7.77. The Labute approximate surface area is 158 Å². The van der Waals surface area contributed by atoms with Crippen LogP contribution in [-0.4, -0.2) is 48.4 Å². The summed E-state index contributed by atoms with van der Waals surface area (Å²) in [5.41, 5.74) is -0.745. The molecular formula is C17H20BrF2NO5. The SMILES string of the molecule is COC(=O)[C@@H]1C[C@H](Oc2cc(Br)c(F)cc2F)CN1C(=O)OC(C)(C)C. The summed E-state index contributed by atoms with van der Waals surface area (Å²) in [5.74, 6) is -2.44. The van der Waals surface area contributed by atoms with Crippen molar-refractivity contribution in [3.8, 4) is 5.75 Å². The molecule has 26 heavy (non-hydrogen) atoms. The minimum absolute atomic E-state index is 0.00309. The first kappa shape index (κ1) is 20.4. The maximum atomic E-state index is 13.9. The third kappa shape index (κ3) is 4.84. The fraction of sp³-hybridized carbons (Fsp3) is 0.529. The van der Waals surface area contributed by atoms with Crippen molar-refractivity contribution in [1.29, 1.82) is 0 Å². The number of benzene rings is 1. The van der Waals surface area contributed by atoms with Crippen molar-refractivity contribution in [2.45, 2.75) is 44.9 Å². The predicted molar refractivity (Wildman–Crippen MR) is 91.8 cm³/mol. The van der Waals surface area contributed by atoms with Crippen LogP contribution >= 0.6 is 15.9 Å². The first-order chi connectivity index (χ1) is 12.0. The summed E-state index contributed by atoms with van der Waals surface area (Å²) >= 11 is 2.96. The largest absolute Gasteiger partial charge is 0.485 e. The average molecular weight is 436 g/mol. The van der Waals surface area contributed by atoms with E-state index in [9.17, 15) is 18.4 Å². The molecule has 1 aromatic carbocycles. The van der Waals surface area contributed by atoms with Gasteiger partial charge >= 0.3 is 12.1 Å². The quantitative estimate of drug-likeness (QED) is 0.535. The van der Waals surface area contributed by atoms with Gasteiger partial charge < -0.3 is 14.2 Å². The summed E-state index contributed by atoms with van der Waals surface area (Å²) in [5, 5.41) is 0. The summed E-state index contributed by atoms with van der Waals surface area (Å²) in [6.07, 6.45) is -1.28. The van der Waals surface area contributed by atoms with Crippen molar-refractivity contribution in [3.63, 3.8) is 0 Å². The molecule has 0 spiro atoms. The van der Waals surface area contributed by atoms with E-state index in [1.54, 1.807) is 20.8 Å². The van der Waals surface area contributed by atoms with Gasteiger partial charge in [-0.25, -0.2) is 18.4 Å². The van der Waals surface area contributed by atoms with E-state index in [0.29, 0.717) is 6.07 Å². The van der Waals surface area contributed by atoms with Crippen molar-refractivity contribution in [2.24, 2.45) is 0 Å². The van der Waals surface area contributed by atoms with Crippen molar-refractivity contribution >= 4 is 28.0 Å². The van der Waals surface area contributed by atoms with E-state index in [2.05, 4.69) is 15.9 Å². The van der Waals surface area contributed by atoms with Crippen LogP contribution in [0.15, 0.2) is 16.6 Å². The molecule has 0 unspecified atom stereocenters. The van der Waals surface area contributed by atoms with E-state index in [4.69, 9.17) is 14.2 Å². The Morgan fingerprint density at radius 1 is 1.23 bits per heavy atom. The van der Waals surface area contributed by atoms with Crippen molar-refractivity contribution in [2.75, 3.05) is 13.7 Å². The van der Waals surface area contributed by atoms with Gasteiger partial charge in [0.1, 0.15) is 23.6 Å². The summed E-state index contributed by atoms with van der Waals surface area (Å²) in [7, 11) is 1.21. The van der Waals surface area contributed by atoms with Crippen LogP contribution in [0.25, 0.3) is 0 Å². The second-order valence-corrected chi connectivity index (χ2v) is 7.70. The predicted octanol–water partition coefficient (Wildman–Crippen LogP) is 3.66. The molecule has 9 heteroatoms. The Morgan fingerprint density at radius 3 is 2.46 bits per heavy atom. The number of carbonyl (C=O) groups excluding carboxylic acids is 2. The van der Waals surface area contributed by atoms with E-state index in [-0.39, 0.29) is 23.2 Å². The van der Waals surface area contributed by atoms with Crippen molar-refractivity contribution in [1.82, 2.24) is 4.90 Å². The average Bonchev–Trinajstić information content (AvgIpc) is 2.94. The number of halogens is 3. The van der Waals surface area contributed by atoms with Gasteiger partial charge in [0.2, 0.25) is 0 Å². The molecule has 0 radical (unpaired) electrons. The van der Waals surface area contributed by atoms with Crippen LogP contribution in [0, 0.1) is 11.6 Å². The standard InChI is InChI=1S/C17H20BrF2NO5/c1-17(2,3)26-16(23)21-8-9(5-13(21)15(22)24-4)25-14-6-10(18)11(19)7-12(14)20/h6-7,9,13H,5,8H2,1-4H3/t9-,13-/m0/s1. The number of rotatable bonds is 3. The van der Waals surface area contributed by atoms with Gasteiger partial charge in [0, 0.05) is 18.6 Å². The summed E-state index contributed by atoms with van der Waals surface area (Å²) in [6, 6.07) is 0.943. The maximum absolute atomic E-state index is 13.9. The molecule has 0 aliphatic carbocycles. The number of ether oxygens (including phenoxy) is 3. The van der Waals surface area contributed by atoms with Gasteiger partial charge in [0.25, 0.3) is 0 Å². The Balaban J connectivity index is 2.18. The highest BCUT2D eigenvalue weighted by molar-refractivity contribution is 9.10. The third-order valence-electron chi connectivity index (χ3n) is 3.63. The molecule has 0 saturated carbocycles. The number of likely N-dealkylation sites (tertiary alicyclic amines) is 1. The van der Waals surface area contributed by atoms with Gasteiger partial charge in [-0.05, 0) is 36.7 Å². The molecule has 2 atom stereocenters. The molecule has 144 valence electrons. The van der Waals surface area contributed by atoms with Gasteiger partial charge in [-0.2, -0.15) is 0 Å². The lowest BCUT2D eigenvalue weighted by molar-refractivity contribution is -0.145. The minimum atomic E-state index is -0.910. The van der Waals surface area contributed by atoms with Crippen LogP contribution in [-0.2, 0) is 14.3 Å². The minimum Gasteiger partial charge on any atom is -0.485 e. The van der Waals surface area contributed by atoms with E-state index in [0.717, 1.165) is 6.07 Å². The van der Waals surface area contributed by atoms with Gasteiger partial charge in [-0.15, -0.1) is 0 Å². The molecule has 0 N–H and O–H groups in total. The van der Waals surface area contributed by atoms with E-state index < -0.39 is 41.4 Å². The normalized spacial score (nSPS) is 20.0. The second-order valence-electron chi connectivity index (χ2n) is 6.84. The van der Waals surface area contributed by atoms with E-state index >= 15 is 0 Å². The van der Waals surface area contributed by atoms with Crippen LogP contribution in [0.3, 0.4) is 0 Å². The Bertz CT molecular complexity index is 707. The Morgan fingerprint density at radius 2 is 1.88 bits per heavy atom. The number of hydrogen-bond acceptors (Lipinski definition) is 5. The van der Waals surface area contributed by atoms with Crippen molar-refractivity contribution in [3.05, 3.63) is 28.2 Å². The molecule has 1 saturated heterocycles. The van der Waals surface area contributed by atoms with E-state index in [1.807, 2.05) is 0 Å². The highest BCUT2D eigenvalue weighted by Crippen LogP contribution is 2.30. The highest BCUT2D eigenvalue weighted by Gasteiger charge is 2.43. The van der Waals surface area contributed by atoms with Gasteiger partial charge in [0.15, 0.2) is 11.6 Å². The highest BCUT2D eigenvalue weighted by atomic mass is 79.9. The third-order valence-corrected chi connectivity index (χ3v) is 4.24. The lowest BCUT2D eigenvalue weighted by Gasteiger charge is -2.27. The number of esters is 1. The molecule has 0 aromatic heterocycles. The topological polar surface area (TPSA) is 65.1 Å². The molecule has 1 aromatic rings. The molecule has 0 bridgehead atoms.